The summed E-state index contributed by atoms with van der Waals surface area (Å²) in [4.78, 5) is 5.32. The van der Waals surface area contributed by atoms with Crippen molar-refractivity contribution >= 4 is 43.8 Å². The second kappa shape index (κ2) is 10.0. The molecule has 3 aromatic heterocycles. The van der Waals surface area contributed by atoms with Crippen molar-refractivity contribution in [3.63, 3.8) is 0 Å². The zero-order valence-corrected chi connectivity index (χ0v) is 23.7. The van der Waals surface area contributed by atoms with E-state index in [-0.39, 0.29) is 0 Å². The van der Waals surface area contributed by atoms with Crippen LogP contribution in [0.5, 0.6) is 0 Å². The number of imidazole rings is 1. The second-order valence-electron chi connectivity index (χ2n) is 10.1. The fourth-order valence-corrected chi connectivity index (χ4v) is 7.31. The van der Waals surface area contributed by atoms with Crippen LogP contribution in [-0.4, -0.2) is 9.55 Å². The zero-order valence-electron chi connectivity index (χ0n) is 22.1. The Bertz CT molecular complexity index is 2080. The molecule has 0 aliphatic rings. The van der Waals surface area contributed by atoms with Crippen molar-refractivity contribution in [2.24, 2.45) is 0 Å². The summed E-state index contributed by atoms with van der Waals surface area (Å²) >= 11 is 3.51. The summed E-state index contributed by atoms with van der Waals surface area (Å²) in [7, 11) is 0. The van der Waals surface area contributed by atoms with E-state index in [4.69, 9.17) is 4.98 Å². The van der Waals surface area contributed by atoms with Gasteiger partial charge in [-0.25, -0.2) is 4.98 Å². The first-order valence-electron chi connectivity index (χ1n) is 13.6. The van der Waals surface area contributed by atoms with E-state index in [1.54, 1.807) is 22.7 Å². The van der Waals surface area contributed by atoms with Crippen molar-refractivity contribution in [1.82, 2.24) is 9.55 Å². The van der Waals surface area contributed by atoms with E-state index in [2.05, 4.69) is 148 Å². The lowest BCUT2D eigenvalue weighted by Gasteiger charge is -2.19. The van der Waals surface area contributed by atoms with Crippen LogP contribution in [0.25, 0.3) is 71.6 Å². The Hall–Kier alpha value is -4.77. The monoisotopic (exact) mass is 560 g/mol. The molecule has 3 heterocycles. The lowest BCUT2D eigenvalue weighted by atomic mass is 9.95. The van der Waals surface area contributed by atoms with Crippen molar-refractivity contribution in [1.29, 1.82) is 0 Å². The Labute approximate surface area is 246 Å². The number of para-hydroxylation sites is 3. The highest BCUT2D eigenvalue weighted by atomic mass is 32.1. The summed E-state index contributed by atoms with van der Waals surface area (Å²) < 4.78 is 3.65. The minimum absolute atomic E-state index is 0.959. The highest BCUT2D eigenvalue weighted by Crippen LogP contribution is 2.43. The molecule has 0 fully saturated rings. The van der Waals surface area contributed by atoms with E-state index in [0.29, 0.717) is 0 Å². The van der Waals surface area contributed by atoms with Crippen LogP contribution in [-0.2, 0) is 0 Å². The average Bonchev–Trinajstić information content (AvgIpc) is 3.80. The maximum Gasteiger partial charge on any atom is 0.147 e. The molecule has 4 heteroatoms. The molecule has 0 saturated carbocycles. The first-order valence-corrected chi connectivity index (χ1v) is 15.4. The van der Waals surface area contributed by atoms with Gasteiger partial charge in [0.25, 0.3) is 0 Å². The van der Waals surface area contributed by atoms with Gasteiger partial charge in [-0.05, 0) is 63.3 Å². The largest absolute Gasteiger partial charge is 0.291 e. The van der Waals surface area contributed by atoms with Crippen molar-refractivity contribution in [3.8, 4) is 50.5 Å². The number of thiophene rings is 2. The van der Waals surface area contributed by atoms with Crippen LogP contribution in [0, 0.1) is 0 Å². The maximum absolute atomic E-state index is 5.32. The topological polar surface area (TPSA) is 17.8 Å². The van der Waals surface area contributed by atoms with E-state index >= 15 is 0 Å². The first kappa shape index (κ1) is 24.1. The summed E-state index contributed by atoms with van der Waals surface area (Å²) in [6, 6.07) is 45.5. The lowest BCUT2D eigenvalue weighted by molar-refractivity contribution is 1.11. The van der Waals surface area contributed by atoms with Crippen molar-refractivity contribution < 1.29 is 0 Å². The molecule has 2 nitrogen and oxygen atoms in total. The molecule has 5 aromatic carbocycles. The second-order valence-corrected chi connectivity index (χ2v) is 11.8. The van der Waals surface area contributed by atoms with Gasteiger partial charge in [-0.3, -0.25) is 4.57 Å². The van der Waals surface area contributed by atoms with Gasteiger partial charge < -0.3 is 0 Å². The maximum atomic E-state index is 5.32. The van der Waals surface area contributed by atoms with E-state index in [0.717, 1.165) is 28.1 Å². The molecular formula is C37H24N2S2. The van der Waals surface area contributed by atoms with Gasteiger partial charge in [-0.2, -0.15) is 11.3 Å². The molecule has 41 heavy (non-hydrogen) atoms. The molecule has 0 unspecified atom stereocenters. The average molecular weight is 561 g/mol. The van der Waals surface area contributed by atoms with Gasteiger partial charge in [-0.1, -0.05) is 97.1 Å². The highest BCUT2D eigenvalue weighted by molar-refractivity contribution is 7.17. The van der Waals surface area contributed by atoms with Crippen LogP contribution in [0.1, 0.15) is 0 Å². The SMILES string of the molecule is c1ccc(-c2cccc(-c3ccccc3)c2-n2c(-c3csc4ccc(-c5ccsc5)cc34)nc3ccccc32)cc1. The van der Waals surface area contributed by atoms with Gasteiger partial charge in [0.2, 0.25) is 0 Å². The Morgan fingerprint density at radius 3 is 1.95 bits per heavy atom. The van der Waals surface area contributed by atoms with Crippen LogP contribution in [0.4, 0.5) is 0 Å². The molecular weight excluding hydrogens is 537 g/mol. The molecule has 0 bridgehead atoms. The number of hydrogen-bond donors (Lipinski definition) is 0. The normalized spacial score (nSPS) is 11.4. The number of fused-ring (bicyclic) bond motifs is 2. The number of hydrogen-bond acceptors (Lipinski definition) is 3. The van der Waals surface area contributed by atoms with Crippen LogP contribution < -0.4 is 0 Å². The van der Waals surface area contributed by atoms with E-state index < -0.39 is 0 Å². The Morgan fingerprint density at radius 2 is 1.24 bits per heavy atom. The molecule has 0 amide bonds. The van der Waals surface area contributed by atoms with Gasteiger partial charge >= 0.3 is 0 Å². The summed E-state index contributed by atoms with van der Waals surface area (Å²) in [6.07, 6.45) is 0. The molecule has 0 radical (unpaired) electrons. The predicted octanol–water partition coefficient (Wildman–Crippen LogP) is 11.0. The molecule has 194 valence electrons. The minimum atomic E-state index is 0.959. The summed E-state index contributed by atoms with van der Waals surface area (Å²) in [5.74, 6) is 0.959. The fraction of sp³-hybridized carbons (Fsp3) is 0. The molecule has 0 aliphatic carbocycles. The third kappa shape index (κ3) is 4.12. The zero-order chi connectivity index (χ0) is 27.2. The van der Waals surface area contributed by atoms with E-state index in [9.17, 15) is 0 Å². The van der Waals surface area contributed by atoms with Gasteiger partial charge in [0.05, 0.1) is 16.7 Å². The fourth-order valence-electron chi connectivity index (χ4n) is 5.73. The summed E-state index contributed by atoms with van der Waals surface area (Å²) in [6.45, 7) is 0. The Balaban J connectivity index is 1.47. The molecule has 0 atom stereocenters. The van der Waals surface area contributed by atoms with Crippen LogP contribution in [0.2, 0.25) is 0 Å². The molecule has 0 spiro atoms. The van der Waals surface area contributed by atoms with Gasteiger partial charge in [-0.15, -0.1) is 11.3 Å². The quantitative estimate of drug-likeness (QED) is 0.205. The number of benzene rings is 5. The van der Waals surface area contributed by atoms with E-state index in [1.807, 2.05) is 0 Å². The number of aromatic nitrogens is 2. The smallest absolute Gasteiger partial charge is 0.147 e. The summed E-state index contributed by atoms with van der Waals surface area (Å²) in [5.41, 5.74) is 11.6. The molecule has 8 aromatic rings. The van der Waals surface area contributed by atoms with Crippen LogP contribution >= 0.6 is 22.7 Å². The Morgan fingerprint density at radius 1 is 0.537 bits per heavy atom. The molecule has 0 aliphatic heterocycles. The predicted molar refractivity (Wildman–Crippen MR) is 176 cm³/mol. The first-order chi connectivity index (χ1) is 20.3. The van der Waals surface area contributed by atoms with Gasteiger partial charge in [0.15, 0.2) is 0 Å². The minimum Gasteiger partial charge on any atom is -0.291 e. The molecule has 8 rings (SSSR count). The van der Waals surface area contributed by atoms with Crippen molar-refractivity contribution in [3.05, 3.63) is 144 Å². The van der Waals surface area contributed by atoms with Gasteiger partial charge in [0, 0.05) is 32.2 Å². The summed E-state index contributed by atoms with van der Waals surface area (Å²) in [5, 5.41) is 7.85. The van der Waals surface area contributed by atoms with Crippen molar-refractivity contribution in [2.75, 3.05) is 0 Å². The highest BCUT2D eigenvalue weighted by Gasteiger charge is 2.23. The van der Waals surface area contributed by atoms with Crippen LogP contribution in [0.3, 0.4) is 0 Å². The Kier molecular flexibility index (Phi) is 5.87. The number of rotatable bonds is 5. The lowest BCUT2D eigenvalue weighted by Crippen LogP contribution is -2.03. The number of nitrogens with zero attached hydrogens (tertiary/aromatic N) is 2. The molecule has 0 saturated heterocycles. The van der Waals surface area contributed by atoms with Crippen LogP contribution in [0.15, 0.2) is 144 Å². The third-order valence-electron chi connectivity index (χ3n) is 7.66. The standard InChI is InChI=1S/C37H24N2S2/c1-3-10-25(11-4-1)29-14-9-15-30(26-12-5-2-6-13-26)36(29)39-34-17-8-7-16-33(34)38-37(39)32-24-41-35-19-18-27(22-31(32)35)28-20-21-40-23-28/h1-24H. The van der Waals surface area contributed by atoms with Gasteiger partial charge in [0.1, 0.15) is 5.82 Å². The van der Waals surface area contributed by atoms with E-state index in [1.165, 1.54) is 43.5 Å². The third-order valence-corrected chi connectivity index (χ3v) is 9.31. The van der Waals surface area contributed by atoms with Crippen molar-refractivity contribution in [2.45, 2.75) is 0 Å². The molecule has 0 N–H and O–H groups in total.